The first-order valence-electron chi connectivity index (χ1n) is 9.17. The molecule has 2 aliphatic heterocycles. The third kappa shape index (κ3) is 4.35. The minimum absolute atomic E-state index is 0.00447. The molecule has 0 aromatic heterocycles. The Bertz CT molecular complexity index is 763. The second-order valence-electron chi connectivity index (χ2n) is 7.24. The van der Waals surface area contributed by atoms with Crippen molar-refractivity contribution in [3.63, 3.8) is 0 Å². The molecule has 0 aliphatic carbocycles. The third-order valence-electron chi connectivity index (χ3n) is 5.24. The summed E-state index contributed by atoms with van der Waals surface area (Å²) in [6, 6.07) is 4.07. The molecule has 0 spiro atoms. The summed E-state index contributed by atoms with van der Waals surface area (Å²) in [5.74, 6) is 0.0189. The Kier molecular flexibility index (Phi) is 5.82. The van der Waals surface area contributed by atoms with E-state index in [9.17, 15) is 17.6 Å². The first kappa shape index (κ1) is 19.1. The largest absolute Gasteiger partial charge is 0.326 e. The van der Waals surface area contributed by atoms with Gasteiger partial charge in [-0.05, 0) is 62.4 Å². The molecule has 0 bridgehead atoms. The number of amides is 1. The van der Waals surface area contributed by atoms with Crippen molar-refractivity contribution in [2.75, 3.05) is 35.0 Å². The van der Waals surface area contributed by atoms with Crippen LogP contribution in [0.15, 0.2) is 18.2 Å². The van der Waals surface area contributed by atoms with Crippen LogP contribution in [0.4, 0.5) is 15.8 Å². The number of benzene rings is 1. The Morgan fingerprint density at radius 3 is 2.88 bits per heavy atom. The van der Waals surface area contributed by atoms with Gasteiger partial charge < -0.3 is 10.6 Å². The maximum absolute atomic E-state index is 14.1. The zero-order valence-corrected chi connectivity index (χ0v) is 15.8. The lowest BCUT2D eigenvalue weighted by Crippen LogP contribution is -2.34. The van der Waals surface area contributed by atoms with E-state index in [1.165, 1.54) is 18.2 Å². The summed E-state index contributed by atoms with van der Waals surface area (Å²) >= 11 is 0. The molecule has 2 unspecified atom stereocenters. The normalized spacial score (nSPS) is 23.6. The average Bonchev–Trinajstić information content (AvgIpc) is 2.96. The molecule has 1 aromatic rings. The van der Waals surface area contributed by atoms with Crippen molar-refractivity contribution in [2.24, 2.45) is 11.8 Å². The summed E-state index contributed by atoms with van der Waals surface area (Å²) < 4.78 is 39.3. The average molecular weight is 383 g/mol. The zero-order valence-electron chi connectivity index (χ0n) is 15.0. The molecule has 26 heavy (non-hydrogen) atoms. The summed E-state index contributed by atoms with van der Waals surface area (Å²) in [5.41, 5.74) is 0.423. The van der Waals surface area contributed by atoms with Crippen molar-refractivity contribution >= 4 is 27.3 Å². The van der Waals surface area contributed by atoms with Crippen LogP contribution in [-0.4, -0.2) is 39.7 Å². The Morgan fingerprint density at radius 1 is 1.42 bits per heavy atom. The fourth-order valence-electron chi connectivity index (χ4n) is 3.73. The second kappa shape index (κ2) is 7.92. The van der Waals surface area contributed by atoms with Crippen LogP contribution in [0.2, 0.25) is 0 Å². The molecule has 6 nitrogen and oxygen atoms in total. The summed E-state index contributed by atoms with van der Waals surface area (Å²) in [7, 11) is -3.47. The summed E-state index contributed by atoms with van der Waals surface area (Å²) in [4.78, 5) is 12.4. The Labute approximate surface area is 154 Å². The molecule has 3 rings (SSSR count). The monoisotopic (exact) mass is 383 g/mol. The standard InChI is InChI=1S/C18H26FN3O3S/c1-13(14-4-2-7-20-12-14)10-18(23)21-15-5-6-16(19)17(11-15)22-8-3-9-26(22,24)25/h5-6,11,13-14,20H,2-4,7-10,12H2,1H3,(H,21,23). The molecule has 0 radical (unpaired) electrons. The number of halogens is 1. The number of anilines is 2. The Balaban J connectivity index is 1.66. The summed E-state index contributed by atoms with van der Waals surface area (Å²) in [6.45, 7) is 4.31. The SMILES string of the molecule is CC(CC(=O)Nc1ccc(F)c(N2CCCS2(=O)=O)c1)C1CCCNC1. The lowest BCUT2D eigenvalue weighted by Gasteiger charge is -2.28. The van der Waals surface area contributed by atoms with E-state index in [2.05, 4.69) is 17.6 Å². The van der Waals surface area contributed by atoms with Crippen LogP contribution in [0.25, 0.3) is 0 Å². The molecule has 2 atom stereocenters. The number of sulfonamides is 1. The van der Waals surface area contributed by atoms with Gasteiger partial charge in [-0.15, -0.1) is 0 Å². The number of rotatable bonds is 5. The number of nitrogens with zero attached hydrogens (tertiary/aromatic N) is 1. The van der Waals surface area contributed by atoms with E-state index in [1.54, 1.807) is 0 Å². The van der Waals surface area contributed by atoms with Crippen molar-refractivity contribution < 1.29 is 17.6 Å². The van der Waals surface area contributed by atoms with E-state index in [1.807, 2.05) is 0 Å². The highest BCUT2D eigenvalue weighted by Crippen LogP contribution is 2.30. The molecule has 2 aliphatic rings. The van der Waals surface area contributed by atoms with Crippen LogP contribution >= 0.6 is 0 Å². The molecule has 0 saturated carbocycles. The van der Waals surface area contributed by atoms with Crippen molar-refractivity contribution in [1.82, 2.24) is 5.32 Å². The number of carbonyl (C=O) groups excluding carboxylic acids is 1. The smallest absolute Gasteiger partial charge is 0.235 e. The lowest BCUT2D eigenvalue weighted by atomic mass is 9.85. The maximum Gasteiger partial charge on any atom is 0.235 e. The minimum Gasteiger partial charge on any atom is -0.326 e. The maximum atomic E-state index is 14.1. The molecule has 1 amide bonds. The van der Waals surface area contributed by atoms with E-state index in [0.29, 0.717) is 24.4 Å². The quantitative estimate of drug-likeness (QED) is 0.818. The van der Waals surface area contributed by atoms with Crippen LogP contribution in [0, 0.1) is 17.7 Å². The molecule has 2 heterocycles. The van der Waals surface area contributed by atoms with Crippen molar-refractivity contribution in [3.05, 3.63) is 24.0 Å². The van der Waals surface area contributed by atoms with Gasteiger partial charge in [0.25, 0.3) is 0 Å². The lowest BCUT2D eigenvalue weighted by molar-refractivity contribution is -0.117. The topological polar surface area (TPSA) is 78.5 Å². The predicted octanol–water partition coefficient (Wildman–Crippen LogP) is 2.33. The number of carbonyl (C=O) groups is 1. The Hall–Kier alpha value is -1.67. The number of hydrogen-bond acceptors (Lipinski definition) is 4. The van der Waals surface area contributed by atoms with Crippen LogP contribution < -0.4 is 14.9 Å². The first-order chi connectivity index (χ1) is 12.4. The Morgan fingerprint density at radius 2 is 2.23 bits per heavy atom. The fraction of sp³-hybridized carbons (Fsp3) is 0.611. The molecule has 8 heteroatoms. The van der Waals surface area contributed by atoms with Crippen LogP contribution in [0.3, 0.4) is 0 Å². The van der Waals surface area contributed by atoms with Gasteiger partial charge in [0.15, 0.2) is 0 Å². The van der Waals surface area contributed by atoms with Gasteiger partial charge in [-0.3, -0.25) is 9.10 Å². The fourth-order valence-corrected chi connectivity index (χ4v) is 5.29. The van der Waals surface area contributed by atoms with Gasteiger partial charge in [0.05, 0.1) is 11.4 Å². The van der Waals surface area contributed by atoms with Crippen molar-refractivity contribution in [3.8, 4) is 0 Å². The van der Waals surface area contributed by atoms with Gasteiger partial charge in [-0.2, -0.15) is 0 Å². The molecule has 144 valence electrons. The van der Waals surface area contributed by atoms with Crippen LogP contribution in [0.1, 0.15) is 32.6 Å². The minimum atomic E-state index is -3.47. The third-order valence-corrected chi connectivity index (χ3v) is 7.10. The predicted molar refractivity (Wildman–Crippen MR) is 100 cm³/mol. The van der Waals surface area contributed by atoms with Gasteiger partial charge in [-0.25, -0.2) is 12.8 Å². The molecular weight excluding hydrogens is 357 g/mol. The van der Waals surface area contributed by atoms with Gasteiger partial charge in [0.2, 0.25) is 15.9 Å². The highest BCUT2D eigenvalue weighted by atomic mass is 32.2. The summed E-state index contributed by atoms with van der Waals surface area (Å²) in [6.07, 6.45) is 3.11. The second-order valence-corrected chi connectivity index (χ2v) is 9.26. The van der Waals surface area contributed by atoms with Crippen LogP contribution in [0.5, 0.6) is 0 Å². The van der Waals surface area contributed by atoms with E-state index in [0.717, 1.165) is 30.2 Å². The number of piperidine rings is 1. The van der Waals surface area contributed by atoms with Crippen molar-refractivity contribution in [2.45, 2.75) is 32.6 Å². The van der Waals surface area contributed by atoms with Gasteiger partial charge in [-0.1, -0.05) is 6.92 Å². The number of nitrogens with one attached hydrogen (secondary N) is 2. The summed E-state index contributed by atoms with van der Waals surface area (Å²) in [5, 5.41) is 6.14. The molecule has 2 fully saturated rings. The van der Waals surface area contributed by atoms with Gasteiger partial charge in [0, 0.05) is 18.7 Å². The molecule has 2 saturated heterocycles. The molecular formula is C18H26FN3O3S. The van der Waals surface area contributed by atoms with E-state index in [4.69, 9.17) is 0 Å². The molecule has 1 aromatic carbocycles. The van der Waals surface area contributed by atoms with E-state index in [-0.39, 0.29) is 29.8 Å². The van der Waals surface area contributed by atoms with Gasteiger partial charge >= 0.3 is 0 Å². The zero-order chi connectivity index (χ0) is 18.7. The van der Waals surface area contributed by atoms with E-state index < -0.39 is 15.8 Å². The van der Waals surface area contributed by atoms with E-state index >= 15 is 0 Å². The number of hydrogen-bond donors (Lipinski definition) is 2. The highest BCUT2D eigenvalue weighted by Gasteiger charge is 2.30. The van der Waals surface area contributed by atoms with Crippen molar-refractivity contribution in [1.29, 1.82) is 0 Å². The highest BCUT2D eigenvalue weighted by molar-refractivity contribution is 7.93. The van der Waals surface area contributed by atoms with Gasteiger partial charge in [0.1, 0.15) is 5.82 Å². The molecule has 2 N–H and O–H groups in total. The first-order valence-corrected chi connectivity index (χ1v) is 10.8. The van der Waals surface area contributed by atoms with Crippen LogP contribution in [-0.2, 0) is 14.8 Å².